The van der Waals surface area contributed by atoms with Crippen LogP contribution in [0.4, 0.5) is 4.79 Å². The monoisotopic (exact) mass is 364 g/mol. The number of nitrogens with zero attached hydrogens (tertiary/aromatic N) is 3. The second kappa shape index (κ2) is 8.03. The fraction of sp³-hybridized carbons (Fsp3) is 0.286. The largest absolute Gasteiger partial charge is 0.444 e. The van der Waals surface area contributed by atoms with Gasteiger partial charge in [0, 0.05) is 12.1 Å². The first-order valence-corrected chi connectivity index (χ1v) is 8.89. The maximum Gasteiger partial charge on any atom is 0.407 e. The molecule has 27 heavy (non-hydrogen) atoms. The summed E-state index contributed by atoms with van der Waals surface area (Å²) in [5, 5.41) is 11.0. The van der Waals surface area contributed by atoms with Crippen LogP contribution in [0.5, 0.6) is 0 Å². The molecule has 0 aliphatic heterocycles. The average Bonchev–Trinajstić information content (AvgIpc) is 3.08. The van der Waals surface area contributed by atoms with E-state index in [1.165, 1.54) is 5.56 Å². The van der Waals surface area contributed by atoms with Crippen molar-refractivity contribution in [3.63, 3.8) is 0 Å². The summed E-state index contributed by atoms with van der Waals surface area (Å²) < 4.78 is 7.12. The van der Waals surface area contributed by atoms with Crippen molar-refractivity contribution in [2.24, 2.45) is 0 Å². The number of amides is 1. The summed E-state index contributed by atoms with van der Waals surface area (Å²) in [7, 11) is 0. The van der Waals surface area contributed by atoms with E-state index in [1.54, 1.807) is 6.20 Å². The molecule has 3 rings (SSSR count). The number of hydrogen-bond donors (Lipinski definition) is 1. The highest BCUT2D eigenvalue weighted by atomic mass is 16.6. The van der Waals surface area contributed by atoms with Gasteiger partial charge in [-0.3, -0.25) is 0 Å². The number of aromatic nitrogens is 3. The van der Waals surface area contributed by atoms with E-state index in [9.17, 15) is 4.79 Å². The molecule has 140 valence electrons. The van der Waals surface area contributed by atoms with Crippen molar-refractivity contribution in [1.82, 2.24) is 20.3 Å². The molecule has 0 bridgehead atoms. The van der Waals surface area contributed by atoms with Crippen LogP contribution in [-0.2, 0) is 17.8 Å². The van der Waals surface area contributed by atoms with Crippen LogP contribution in [0.15, 0.2) is 60.8 Å². The predicted octanol–water partition coefficient (Wildman–Crippen LogP) is 4.02. The first-order chi connectivity index (χ1) is 12.9. The lowest BCUT2D eigenvalue weighted by atomic mass is 10.1. The van der Waals surface area contributed by atoms with Crippen LogP contribution in [0.2, 0.25) is 0 Å². The van der Waals surface area contributed by atoms with Crippen molar-refractivity contribution >= 4 is 6.09 Å². The number of ether oxygens (including phenoxy) is 1. The predicted molar refractivity (Wildman–Crippen MR) is 104 cm³/mol. The molecule has 6 heteroatoms. The van der Waals surface area contributed by atoms with Crippen LogP contribution in [0.3, 0.4) is 0 Å². The third kappa shape index (κ3) is 5.41. The van der Waals surface area contributed by atoms with Crippen LogP contribution >= 0.6 is 0 Å². The van der Waals surface area contributed by atoms with Crippen LogP contribution in [0.1, 0.15) is 31.9 Å². The molecular weight excluding hydrogens is 340 g/mol. The fourth-order valence-electron chi connectivity index (χ4n) is 2.64. The third-order valence-corrected chi connectivity index (χ3v) is 3.88. The van der Waals surface area contributed by atoms with Crippen molar-refractivity contribution in [3.05, 3.63) is 71.9 Å². The molecule has 0 fully saturated rings. The van der Waals surface area contributed by atoms with Gasteiger partial charge in [0.25, 0.3) is 0 Å². The lowest BCUT2D eigenvalue weighted by Gasteiger charge is -2.19. The summed E-state index contributed by atoms with van der Waals surface area (Å²) in [6.45, 7) is 6.60. The molecule has 1 aromatic heterocycles. The second-order valence-electron chi connectivity index (χ2n) is 7.31. The topological polar surface area (TPSA) is 69.0 Å². The highest BCUT2D eigenvalue weighted by molar-refractivity contribution is 5.67. The Balaban J connectivity index is 1.64. The van der Waals surface area contributed by atoms with Crippen LogP contribution < -0.4 is 5.32 Å². The zero-order valence-corrected chi connectivity index (χ0v) is 15.8. The number of alkyl carbamates (subject to hydrolysis) is 1. The van der Waals surface area contributed by atoms with E-state index < -0.39 is 11.7 Å². The molecule has 1 heterocycles. The van der Waals surface area contributed by atoms with Gasteiger partial charge >= 0.3 is 6.09 Å². The Kier molecular flexibility index (Phi) is 5.54. The molecule has 0 unspecified atom stereocenters. The Labute approximate surface area is 159 Å². The van der Waals surface area contributed by atoms with Gasteiger partial charge in [-0.15, -0.1) is 5.10 Å². The molecule has 6 nitrogen and oxygen atoms in total. The number of carbonyl (C=O) groups excluding carboxylic acids is 1. The smallest absolute Gasteiger partial charge is 0.407 e. The highest BCUT2D eigenvalue weighted by Crippen LogP contribution is 2.20. The third-order valence-electron chi connectivity index (χ3n) is 3.88. The molecule has 3 aromatic rings. The summed E-state index contributed by atoms with van der Waals surface area (Å²) in [6.07, 6.45) is 1.34. The van der Waals surface area contributed by atoms with Crippen LogP contribution in [0, 0.1) is 0 Å². The van der Waals surface area contributed by atoms with E-state index in [0.717, 1.165) is 16.8 Å². The minimum Gasteiger partial charge on any atom is -0.444 e. The summed E-state index contributed by atoms with van der Waals surface area (Å²) in [6, 6.07) is 18.1. The van der Waals surface area contributed by atoms with E-state index in [0.29, 0.717) is 13.1 Å². The highest BCUT2D eigenvalue weighted by Gasteiger charge is 2.15. The second-order valence-corrected chi connectivity index (χ2v) is 7.31. The van der Waals surface area contributed by atoms with E-state index in [4.69, 9.17) is 4.74 Å². The van der Waals surface area contributed by atoms with E-state index in [-0.39, 0.29) is 0 Å². The van der Waals surface area contributed by atoms with Gasteiger partial charge in [-0.2, -0.15) is 0 Å². The maximum atomic E-state index is 11.8. The lowest BCUT2D eigenvalue weighted by Crippen LogP contribution is -2.32. The molecule has 2 aromatic carbocycles. The van der Waals surface area contributed by atoms with Gasteiger partial charge in [-0.25, -0.2) is 9.48 Å². The standard InChI is InChI=1S/C21H24N4O2/c1-21(2,3)27-20(26)22-13-16-9-11-18(12-10-16)19-14-23-24-25(19)15-17-7-5-4-6-8-17/h4-12,14H,13,15H2,1-3H3,(H,22,26). The van der Waals surface area contributed by atoms with Gasteiger partial charge in [0.1, 0.15) is 5.60 Å². The zero-order valence-electron chi connectivity index (χ0n) is 15.8. The molecule has 0 aliphatic rings. The Bertz CT molecular complexity index is 881. The number of rotatable bonds is 5. The molecule has 0 radical (unpaired) electrons. The van der Waals surface area contributed by atoms with Crippen molar-refractivity contribution in [2.75, 3.05) is 0 Å². The molecule has 1 N–H and O–H groups in total. The number of hydrogen-bond acceptors (Lipinski definition) is 4. The molecule has 0 saturated heterocycles. The summed E-state index contributed by atoms with van der Waals surface area (Å²) in [5.74, 6) is 0. The quantitative estimate of drug-likeness (QED) is 0.742. The number of benzene rings is 2. The maximum absolute atomic E-state index is 11.8. The molecule has 0 aliphatic carbocycles. The Morgan fingerprint density at radius 3 is 2.41 bits per heavy atom. The van der Waals surface area contributed by atoms with Crippen LogP contribution in [-0.4, -0.2) is 26.7 Å². The van der Waals surface area contributed by atoms with Gasteiger partial charge in [-0.05, 0) is 31.9 Å². The molecule has 0 atom stereocenters. The van der Waals surface area contributed by atoms with E-state index in [2.05, 4.69) is 27.8 Å². The molecular formula is C21H24N4O2. The normalized spacial score (nSPS) is 11.2. The molecule has 0 saturated carbocycles. The minimum atomic E-state index is -0.502. The van der Waals surface area contributed by atoms with E-state index >= 15 is 0 Å². The van der Waals surface area contributed by atoms with Crippen molar-refractivity contribution < 1.29 is 9.53 Å². The van der Waals surface area contributed by atoms with Gasteiger partial charge in [0.2, 0.25) is 0 Å². The van der Waals surface area contributed by atoms with Gasteiger partial charge in [0.05, 0.1) is 18.4 Å². The Morgan fingerprint density at radius 1 is 1.04 bits per heavy atom. The van der Waals surface area contributed by atoms with Gasteiger partial charge in [-0.1, -0.05) is 59.8 Å². The minimum absolute atomic E-state index is 0.413. The van der Waals surface area contributed by atoms with Gasteiger partial charge < -0.3 is 10.1 Å². The Hall–Kier alpha value is -3.15. The summed E-state index contributed by atoms with van der Waals surface area (Å²) in [5.41, 5.74) is 3.63. The SMILES string of the molecule is CC(C)(C)OC(=O)NCc1ccc(-c2cnnn2Cc2ccccc2)cc1. The van der Waals surface area contributed by atoms with Crippen LogP contribution in [0.25, 0.3) is 11.3 Å². The Morgan fingerprint density at radius 2 is 1.74 bits per heavy atom. The first kappa shape index (κ1) is 18.6. The number of nitrogens with one attached hydrogen (secondary N) is 1. The van der Waals surface area contributed by atoms with Gasteiger partial charge in [0.15, 0.2) is 0 Å². The summed E-state index contributed by atoms with van der Waals surface area (Å²) >= 11 is 0. The lowest BCUT2D eigenvalue weighted by molar-refractivity contribution is 0.0523. The summed E-state index contributed by atoms with van der Waals surface area (Å²) in [4.78, 5) is 11.8. The van der Waals surface area contributed by atoms with E-state index in [1.807, 2.05) is 67.9 Å². The van der Waals surface area contributed by atoms with Crippen molar-refractivity contribution in [3.8, 4) is 11.3 Å². The molecule has 1 amide bonds. The van der Waals surface area contributed by atoms with Crippen molar-refractivity contribution in [2.45, 2.75) is 39.5 Å². The van der Waals surface area contributed by atoms with Crippen molar-refractivity contribution in [1.29, 1.82) is 0 Å². The average molecular weight is 364 g/mol. The first-order valence-electron chi connectivity index (χ1n) is 8.89. The molecule has 0 spiro atoms. The zero-order chi connectivity index (χ0) is 19.3. The number of carbonyl (C=O) groups is 1. The fourth-order valence-corrected chi connectivity index (χ4v) is 2.64.